The molecule has 0 spiro atoms. The molecular formula is C16H18N2O3S. The molecule has 2 aromatic rings. The molecule has 1 heterocycles. The second-order valence-corrected chi connectivity index (χ2v) is 6.20. The van der Waals surface area contributed by atoms with Crippen LogP contribution in [0.25, 0.3) is 0 Å². The van der Waals surface area contributed by atoms with Crippen LogP contribution in [0.4, 0.5) is 5.69 Å². The number of anilines is 1. The predicted octanol–water partition coefficient (Wildman–Crippen LogP) is 3.58. The quantitative estimate of drug-likeness (QED) is 0.903. The number of hydrogen-bond donors (Lipinski definition) is 2. The van der Waals surface area contributed by atoms with Gasteiger partial charge >= 0.3 is 5.97 Å². The average Bonchev–Trinajstić information content (AvgIpc) is 2.82. The maximum atomic E-state index is 12.4. The normalized spacial score (nSPS) is 10.5. The van der Waals surface area contributed by atoms with Crippen LogP contribution in [0.1, 0.15) is 48.8 Å². The number of carboxylic acid groups (broad SMARTS) is 1. The monoisotopic (exact) mass is 318 g/mol. The van der Waals surface area contributed by atoms with Gasteiger partial charge in [-0.3, -0.25) is 4.79 Å². The molecule has 1 amide bonds. The molecule has 0 fully saturated rings. The Bertz CT molecular complexity index is 750. The number of nitrogens with zero attached hydrogens (tertiary/aromatic N) is 1. The molecule has 2 N–H and O–H groups in total. The summed E-state index contributed by atoms with van der Waals surface area (Å²) in [6, 6.07) is 3.26. The highest BCUT2D eigenvalue weighted by Crippen LogP contribution is 2.24. The second-order valence-electron chi connectivity index (χ2n) is 5.12. The zero-order chi connectivity index (χ0) is 16.4. The third-order valence-corrected chi connectivity index (χ3v) is 4.70. The van der Waals surface area contributed by atoms with Crippen molar-refractivity contribution in [3.63, 3.8) is 0 Å². The van der Waals surface area contributed by atoms with E-state index < -0.39 is 5.97 Å². The molecule has 6 heteroatoms. The first-order chi connectivity index (χ1) is 10.3. The second kappa shape index (κ2) is 6.27. The standard InChI is InChI=1S/C16H18N2O3S/c1-5-13-17-10(4)14(22-13)15(19)18-12-7-11(16(20)21)8(2)6-9(12)3/h6-7H,5H2,1-4H3,(H,18,19)(H,20,21). The molecule has 0 radical (unpaired) electrons. The minimum atomic E-state index is -1.00. The Morgan fingerprint density at radius 2 is 1.91 bits per heavy atom. The first-order valence-corrected chi connectivity index (χ1v) is 7.77. The van der Waals surface area contributed by atoms with Gasteiger partial charge in [-0.2, -0.15) is 0 Å². The number of nitrogens with one attached hydrogen (secondary N) is 1. The summed E-state index contributed by atoms with van der Waals surface area (Å²) in [5.74, 6) is -1.26. The molecule has 0 aliphatic rings. The van der Waals surface area contributed by atoms with E-state index in [1.54, 1.807) is 19.9 Å². The molecule has 2 rings (SSSR count). The SMILES string of the molecule is CCc1nc(C)c(C(=O)Nc2cc(C(=O)O)c(C)cc2C)s1. The van der Waals surface area contributed by atoms with Crippen LogP contribution in [0.15, 0.2) is 12.1 Å². The Labute approximate surface area is 133 Å². The molecule has 0 bridgehead atoms. The number of rotatable bonds is 4. The lowest BCUT2D eigenvalue weighted by molar-refractivity contribution is 0.0695. The molecule has 0 unspecified atom stereocenters. The number of carbonyl (C=O) groups excluding carboxylic acids is 1. The van der Waals surface area contributed by atoms with Crippen molar-refractivity contribution in [2.24, 2.45) is 0 Å². The number of benzene rings is 1. The van der Waals surface area contributed by atoms with E-state index in [9.17, 15) is 14.7 Å². The third-order valence-electron chi connectivity index (χ3n) is 3.40. The Balaban J connectivity index is 2.33. The third kappa shape index (κ3) is 3.17. The van der Waals surface area contributed by atoms with Crippen LogP contribution in [-0.4, -0.2) is 22.0 Å². The van der Waals surface area contributed by atoms with Gasteiger partial charge in [0.05, 0.1) is 16.3 Å². The zero-order valence-corrected chi connectivity index (χ0v) is 13.8. The minimum absolute atomic E-state index is 0.191. The molecular weight excluding hydrogens is 300 g/mol. The van der Waals surface area contributed by atoms with E-state index in [0.717, 1.165) is 17.0 Å². The van der Waals surface area contributed by atoms with Crippen molar-refractivity contribution in [3.8, 4) is 0 Å². The Kier molecular flexibility index (Phi) is 4.61. The van der Waals surface area contributed by atoms with Crippen LogP contribution in [0.2, 0.25) is 0 Å². The molecule has 22 heavy (non-hydrogen) atoms. The molecule has 0 saturated heterocycles. The Hall–Kier alpha value is -2.21. The first-order valence-electron chi connectivity index (χ1n) is 6.95. The summed E-state index contributed by atoms with van der Waals surface area (Å²) in [6.45, 7) is 7.37. The smallest absolute Gasteiger partial charge is 0.336 e. The van der Waals surface area contributed by atoms with Crippen molar-refractivity contribution in [1.29, 1.82) is 0 Å². The van der Waals surface area contributed by atoms with E-state index >= 15 is 0 Å². The van der Waals surface area contributed by atoms with E-state index in [1.165, 1.54) is 17.4 Å². The fourth-order valence-corrected chi connectivity index (χ4v) is 3.11. The van der Waals surface area contributed by atoms with Gasteiger partial charge < -0.3 is 10.4 Å². The molecule has 116 valence electrons. The van der Waals surface area contributed by atoms with E-state index in [1.807, 2.05) is 13.8 Å². The van der Waals surface area contributed by atoms with Gasteiger partial charge in [0.25, 0.3) is 5.91 Å². The molecule has 5 nitrogen and oxygen atoms in total. The number of aromatic carboxylic acids is 1. The van der Waals surface area contributed by atoms with Crippen LogP contribution in [0.5, 0.6) is 0 Å². The van der Waals surface area contributed by atoms with Crippen molar-refractivity contribution in [1.82, 2.24) is 4.98 Å². The van der Waals surface area contributed by atoms with Gasteiger partial charge in [0.1, 0.15) is 4.88 Å². The van der Waals surface area contributed by atoms with E-state index in [4.69, 9.17) is 0 Å². The molecule has 0 aliphatic carbocycles. The van der Waals surface area contributed by atoms with Crippen LogP contribution >= 0.6 is 11.3 Å². The molecule has 0 saturated carbocycles. The largest absolute Gasteiger partial charge is 0.478 e. The predicted molar refractivity (Wildman–Crippen MR) is 87.1 cm³/mol. The Morgan fingerprint density at radius 3 is 2.45 bits per heavy atom. The van der Waals surface area contributed by atoms with Crippen molar-refractivity contribution in [2.75, 3.05) is 5.32 Å². The maximum absolute atomic E-state index is 12.4. The van der Waals surface area contributed by atoms with Crippen molar-refractivity contribution in [3.05, 3.63) is 44.4 Å². The highest BCUT2D eigenvalue weighted by Gasteiger charge is 2.17. The topological polar surface area (TPSA) is 79.3 Å². The zero-order valence-electron chi connectivity index (χ0n) is 13.0. The van der Waals surface area contributed by atoms with E-state index in [2.05, 4.69) is 10.3 Å². The van der Waals surface area contributed by atoms with Gasteiger partial charge in [-0.15, -0.1) is 11.3 Å². The lowest BCUT2D eigenvalue weighted by Gasteiger charge is -2.11. The fraction of sp³-hybridized carbons (Fsp3) is 0.312. The lowest BCUT2D eigenvalue weighted by atomic mass is 10.0. The number of carbonyl (C=O) groups is 2. The van der Waals surface area contributed by atoms with Gasteiger partial charge in [-0.1, -0.05) is 13.0 Å². The number of amides is 1. The van der Waals surface area contributed by atoms with E-state index in [0.29, 0.717) is 21.8 Å². The van der Waals surface area contributed by atoms with Gasteiger partial charge in [-0.05, 0) is 44.4 Å². The first kappa shape index (κ1) is 16.2. The highest BCUT2D eigenvalue weighted by molar-refractivity contribution is 7.13. The van der Waals surface area contributed by atoms with Gasteiger partial charge in [0, 0.05) is 5.69 Å². The number of aromatic nitrogens is 1. The van der Waals surface area contributed by atoms with Gasteiger partial charge in [0.15, 0.2) is 0 Å². The van der Waals surface area contributed by atoms with Crippen LogP contribution in [0, 0.1) is 20.8 Å². The summed E-state index contributed by atoms with van der Waals surface area (Å²) < 4.78 is 0. The minimum Gasteiger partial charge on any atom is -0.478 e. The molecule has 0 aliphatic heterocycles. The number of hydrogen-bond acceptors (Lipinski definition) is 4. The maximum Gasteiger partial charge on any atom is 0.336 e. The number of aryl methyl sites for hydroxylation is 4. The lowest BCUT2D eigenvalue weighted by Crippen LogP contribution is -2.13. The van der Waals surface area contributed by atoms with Gasteiger partial charge in [0.2, 0.25) is 0 Å². The summed E-state index contributed by atoms with van der Waals surface area (Å²) in [7, 11) is 0. The van der Waals surface area contributed by atoms with Crippen LogP contribution < -0.4 is 5.32 Å². The fourth-order valence-electron chi connectivity index (χ4n) is 2.21. The summed E-state index contributed by atoms with van der Waals surface area (Å²) in [4.78, 5) is 28.5. The van der Waals surface area contributed by atoms with Crippen molar-refractivity contribution >= 4 is 28.9 Å². The van der Waals surface area contributed by atoms with E-state index in [-0.39, 0.29) is 11.5 Å². The summed E-state index contributed by atoms with van der Waals surface area (Å²) >= 11 is 1.37. The molecule has 0 atom stereocenters. The summed E-state index contributed by atoms with van der Waals surface area (Å²) in [5, 5.41) is 12.9. The number of carboxylic acids is 1. The average molecular weight is 318 g/mol. The number of thiazole rings is 1. The van der Waals surface area contributed by atoms with Crippen LogP contribution in [0.3, 0.4) is 0 Å². The van der Waals surface area contributed by atoms with Crippen molar-refractivity contribution in [2.45, 2.75) is 34.1 Å². The summed E-state index contributed by atoms with van der Waals surface area (Å²) in [5.41, 5.74) is 2.90. The molecule has 1 aromatic carbocycles. The van der Waals surface area contributed by atoms with Crippen molar-refractivity contribution < 1.29 is 14.7 Å². The highest BCUT2D eigenvalue weighted by atomic mass is 32.1. The Morgan fingerprint density at radius 1 is 1.23 bits per heavy atom. The summed E-state index contributed by atoms with van der Waals surface area (Å²) in [6.07, 6.45) is 0.783. The van der Waals surface area contributed by atoms with Gasteiger partial charge in [-0.25, -0.2) is 9.78 Å². The molecule has 1 aromatic heterocycles. The van der Waals surface area contributed by atoms with Crippen LogP contribution in [-0.2, 0) is 6.42 Å².